The van der Waals surface area contributed by atoms with Crippen LogP contribution >= 0.6 is 12.2 Å². The monoisotopic (exact) mass is 514 g/mol. The van der Waals surface area contributed by atoms with Gasteiger partial charge in [0.05, 0.1) is 35.4 Å². The van der Waals surface area contributed by atoms with Gasteiger partial charge < -0.3 is 19.4 Å². The van der Waals surface area contributed by atoms with Gasteiger partial charge in [-0.05, 0) is 66.2 Å². The maximum absolute atomic E-state index is 11.2. The second-order valence-corrected chi connectivity index (χ2v) is 9.47. The lowest BCUT2D eigenvalue weighted by Gasteiger charge is -2.26. The number of non-ortho nitro benzene ring substituents is 1. The van der Waals surface area contributed by atoms with E-state index in [0.29, 0.717) is 33.9 Å². The number of nitrogens with zero attached hydrogens (tertiary/aromatic N) is 3. The summed E-state index contributed by atoms with van der Waals surface area (Å²) in [6.07, 6.45) is 1.76. The van der Waals surface area contributed by atoms with E-state index in [1.54, 1.807) is 12.3 Å². The SMILES string of the molecule is COc1cc([N+](=O)[O-])ccc1-c1ccc(C2C(c3ccccn3)NC(=S)N2c2ccc(C(C)C)cc2)o1. The Labute approximate surface area is 220 Å². The number of rotatable bonds is 7. The first-order chi connectivity index (χ1) is 17.9. The van der Waals surface area contributed by atoms with Crippen molar-refractivity contribution in [1.82, 2.24) is 10.3 Å². The number of thiocarbonyl (C=S) groups is 1. The number of furan rings is 1. The number of hydrogen-bond acceptors (Lipinski definition) is 6. The smallest absolute Gasteiger partial charge is 0.273 e. The Kier molecular flexibility index (Phi) is 6.62. The lowest BCUT2D eigenvalue weighted by molar-refractivity contribution is -0.384. The molecule has 4 aromatic rings. The van der Waals surface area contributed by atoms with Crippen LogP contribution in [-0.4, -0.2) is 22.1 Å². The predicted molar refractivity (Wildman–Crippen MR) is 146 cm³/mol. The molecule has 0 bridgehead atoms. The first-order valence-corrected chi connectivity index (χ1v) is 12.3. The van der Waals surface area contributed by atoms with Gasteiger partial charge in [0, 0.05) is 18.0 Å². The Hall–Kier alpha value is -4.24. The van der Waals surface area contributed by atoms with Gasteiger partial charge in [-0.2, -0.15) is 0 Å². The van der Waals surface area contributed by atoms with Crippen molar-refractivity contribution in [3.8, 4) is 17.1 Å². The van der Waals surface area contributed by atoms with Crippen molar-refractivity contribution in [3.05, 3.63) is 106 Å². The summed E-state index contributed by atoms with van der Waals surface area (Å²) in [5, 5.41) is 15.2. The Bertz CT molecular complexity index is 1440. The topological polar surface area (TPSA) is 93.7 Å². The number of ether oxygens (including phenoxy) is 1. The van der Waals surface area contributed by atoms with Crippen LogP contribution < -0.4 is 15.0 Å². The fraction of sp³-hybridized carbons (Fsp3) is 0.214. The van der Waals surface area contributed by atoms with Crippen LogP contribution in [0.2, 0.25) is 0 Å². The summed E-state index contributed by atoms with van der Waals surface area (Å²) < 4.78 is 11.8. The predicted octanol–water partition coefficient (Wildman–Crippen LogP) is 6.56. The van der Waals surface area contributed by atoms with Crippen LogP contribution in [-0.2, 0) is 0 Å². The molecule has 2 atom stereocenters. The molecule has 0 aliphatic carbocycles. The zero-order chi connectivity index (χ0) is 26.1. The van der Waals surface area contributed by atoms with Crippen molar-refractivity contribution >= 4 is 28.7 Å². The van der Waals surface area contributed by atoms with Crippen molar-refractivity contribution in [3.63, 3.8) is 0 Å². The number of anilines is 1. The summed E-state index contributed by atoms with van der Waals surface area (Å²) in [4.78, 5) is 17.4. The van der Waals surface area contributed by atoms with Crippen molar-refractivity contribution < 1.29 is 14.1 Å². The molecular formula is C28H26N4O4S. The van der Waals surface area contributed by atoms with Crippen LogP contribution in [0.3, 0.4) is 0 Å². The molecule has 0 radical (unpaired) electrons. The fourth-order valence-corrected chi connectivity index (χ4v) is 4.94. The first kappa shape index (κ1) is 24.5. The Balaban J connectivity index is 1.58. The van der Waals surface area contributed by atoms with E-state index in [-0.39, 0.29) is 17.8 Å². The van der Waals surface area contributed by atoms with E-state index in [2.05, 4.69) is 53.3 Å². The molecule has 1 N–H and O–H groups in total. The molecular weight excluding hydrogens is 488 g/mol. The minimum absolute atomic E-state index is 0.0519. The third-order valence-electron chi connectivity index (χ3n) is 6.52. The van der Waals surface area contributed by atoms with Crippen LogP contribution in [0.15, 0.2) is 83.4 Å². The third kappa shape index (κ3) is 4.65. The minimum Gasteiger partial charge on any atom is -0.496 e. The van der Waals surface area contributed by atoms with Crippen LogP contribution in [0.25, 0.3) is 11.3 Å². The fourth-order valence-electron chi connectivity index (χ4n) is 4.60. The van der Waals surface area contributed by atoms with E-state index >= 15 is 0 Å². The molecule has 1 saturated heterocycles. The highest BCUT2D eigenvalue weighted by atomic mass is 32.1. The molecule has 9 heteroatoms. The number of pyridine rings is 1. The lowest BCUT2D eigenvalue weighted by Crippen LogP contribution is -2.29. The highest BCUT2D eigenvalue weighted by molar-refractivity contribution is 7.80. The quantitative estimate of drug-likeness (QED) is 0.168. The van der Waals surface area contributed by atoms with Gasteiger partial charge in [0.25, 0.3) is 5.69 Å². The average molecular weight is 515 g/mol. The molecule has 3 heterocycles. The van der Waals surface area contributed by atoms with E-state index in [9.17, 15) is 10.1 Å². The molecule has 8 nitrogen and oxygen atoms in total. The van der Waals surface area contributed by atoms with E-state index in [4.69, 9.17) is 21.4 Å². The zero-order valence-electron chi connectivity index (χ0n) is 20.6. The van der Waals surface area contributed by atoms with Crippen molar-refractivity contribution in [2.75, 3.05) is 12.0 Å². The van der Waals surface area contributed by atoms with Crippen LogP contribution in [0.1, 0.15) is 48.9 Å². The molecule has 0 amide bonds. The van der Waals surface area contributed by atoms with Gasteiger partial charge in [0.1, 0.15) is 23.3 Å². The number of hydrogen-bond donors (Lipinski definition) is 1. The number of nitro benzene ring substituents is 1. The van der Waals surface area contributed by atoms with E-state index < -0.39 is 4.92 Å². The number of nitro groups is 1. The number of benzene rings is 2. The Morgan fingerprint density at radius 1 is 1.11 bits per heavy atom. The van der Waals surface area contributed by atoms with Gasteiger partial charge in [-0.25, -0.2) is 0 Å². The molecule has 2 unspecified atom stereocenters. The van der Waals surface area contributed by atoms with E-state index in [0.717, 1.165) is 11.4 Å². The molecule has 5 rings (SSSR count). The van der Waals surface area contributed by atoms with E-state index in [1.165, 1.54) is 24.8 Å². The van der Waals surface area contributed by atoms with Crippen molar-refractivity contribution in [2.45, 2.75) is 31.8 Å². The largest absolute Gasteiger partial charge is 0.496 e. The first-order valence-electron chi connectivity index (χ1n) is 11.9. The van der Waals surface area contributed by atoms with Gasteiger partial charge in [-0.1, -0.05) is 32.0 Å². The molecule has 2 aromatic heterocycles. The molecule has 188 valence electrons. The lowest BCUT2D eigenvalue weighted by atomic mass is 10.0. The summed E-state index contributed by atoms with van der Waals surface area (Å²) in [7, 11) is 1.48. The molecule has 0 spiro atoms. The normalized spacial score (nSPS) is 17.2. The number of methoxy groups -OCH3 is 1. The highest BCUT2D eigenvalue weighted by Gasteiger charge is 2.42. The van der Waals surface area contributed by atoms with Crippen LogP contribution in [0.4, 0.5) is 11.4 Å². The van der Waals surface area contributed by atoms with Crippen LogP contribution in [0, 0.1) is 10.1 Å². The second kappa shape index (κ2) is 10.0. The van der Waals surface area contributed by atoms with Gasteiger partial charge in [-0.3, -0.25) is 15.1 Å². The molecule has 1 aliphatic rings. The summed E-state index contributed by atoms with van der Waals surface area (Å²) in [6.45, 7) is 4.32. The molecule has 0 saturated carbocycles. The van der Waals surface area contributed by atoms with Crippen LogP contribution in [0.5, 0.6) is 5.75 Å². The van der Waals surface area contributed by atoms with Crippen molar-refractivity contribution in [2.24, 2.45) is 0 Å². The van der Waals surface area contributed by atoms with Crippen molar-refractivity contribution in [1.29, 1.82) is 0 Å². The van der Waals surface area contributed by atoms with Gasteiger partial charge >= 0.3 is 0 Å². The maximum Gasteiger partial charge on any atom is 0.273 e. The number of aromatic nitrogens is 1. The molecule has 2 aromatic carbocycles. The second-order valence-electron chi connectivity index (χ2n) is 9.09. The maximum atomic E-state index is 11.2. The Morgan fingerprint density at radius 3 is 2.54 bits per heavy atom. The molecule has 1 aliphatic heterocycles. The number of nitrogens with one attached hydrogen (secondary N) is 1. The minimum atomic E-state index is -0.453. The van der Waals surface area contributed by atoms with Gasteiger partial charge in [0.15, 0.2) is 5.11 Å². The molecule has 1 fully saturated rings. The average Bonchev–Trinajstić information content (AvgIpc) is 3.53. The highest BCUT2D eigenvalue weighted by Crippen LogP contribution is 2.44. The molecule has 37 heavy (non-hydrogen) atoms. The summed E-state index contributed by atoms with van der Waals surface area (Å²) in [5.41, 5.74) is 3.59. The van der Waals surface area contributed by atoms with Gasteiger partial charge in [-0.15, -0.1) is 0 Å². The summed E-state index contributed by atoms with van der Waals surface area (Å²) in [6, 6.07) is 21.8. The summed E-state index contributed by atoms with van der Waals surface area (Å²) >= 11 is 5.80. The summed E-state index contributed by atoms with van der Waals surface area (Å²) in [5.74, 6) is 1.98. The Morgan fingerprint density at radius 2 is 1.89 bits per heavy atom. The van der Waals surface area contributed by atoms with E-state index in [1.807, 2.05) is 30.3 Å². The zero-order valence-corrected chi connectivity index (χ0v) is 21.4. The third-order valence-corrected chi connectivity index (χ3v) is 6.83. The van der Waals surface area contributed by atoms with Gasteiger partial charge in [0.2, 0.25) is 0 Å². The standard InChI is InChI=1S/C28H26N4O4S/c1-17(2)18-7-9-19(10-8-18)31-27(26(30-28(31)37)22-6-4-5-15-29-22)24-14-13-23(36-24)21-12-11-20(32(33)34)16-25(21)35-3/h4-17,26-27H,1-3H3,(H,30,37).